The van der Waals surface area contributed by atoms with Crippen LogP contribution in [0.3, 0.4) is 0 Å². The van der Waals surface area contributed by atoms with Crippen molar-refractivity contribution in [2.75, 3.05) is 14.1 Å². The molecule has 0 aliphatic heterocycles. The van der Waals surface area contributed by atoms with Crippen molar-refractivity contribution in [2.24, 2.45) is 0 Å². The van der Waals surface area contributed by atoms with Crippen LogP contribution in [0, 0.1) is 0 Å². The summed E-state index contributed by atoms with van der Waals surface area (Å²) in [6.07, 6.45) is 0. The van der Waals surface area contributed by atoms with Crippen LogP contribution in [0.1, 0.15) is 0 Å². The highest BCUT2D eigenvalue weighted by atomic mass is 31.2. The Hall–Kier alpha value is 0.120. The highest BCUT2D eigenvalue weighted by molar-refractivity contribution is 7.46. The van der Waals surface area contributed by atoms with Crippen molar-refractivity contribution in [1.29, 1.82) is 0 Å². The lowest BCUT2D eigenvalue weighted by Gasteiger charge is -1.78. The van der Waals surface area contributed by atoms with Gasteiger partial charge in [0.15, 0.2) is 0 Å². The fourth-order valence-electron chi connectivity index (χ4n) is 0. The standard InChI is InChI=1S/C2H7N.2FH2O3P/c1-3-2;2*1-5(2,3)4/h3H,1-2H3;2*(H2,2,3,4). The first kappa shape index (κ1) is 18.8. The van der Waals surface area contributed by atoms with E-state index in [0.717, 1.165) is 0 Å². The number of rotatable bonds is 0. The molecular formula is C2H11F2NO6P2. The van der Waals surface area contributed by atoms with E-state index < -0.39 is 15.8 Å². The molecule has 0 bridgehead atoms. The lowest BCUT2D eigenvalue weighted by Crippen LogP contribution is -1.89. The molecule has 0 atom stereocenters. The normalized spacial score (nSPS) is 10.5. The summed E-state index contributed by atoms with van der Waals surface area (Å²) < 4.78 is 38.0. The highest BCUT2D eigenvalue weighted by Crippen LogP contribution is 2.35. The largest absolute Gasteiger partial charge is 0.507 e. The van der Waals surface area contributed by atoms with Gasteiger partial charge in [-0.1, -0.05) is 0 Å². The lowest BCUT2D eigenvalue weighted by molar-refractivity contribution is 0.320. The van der Waals surface area contributed by atoms with Crippen molar-refractivity contribution in [2.45, 2.75) is 0 Å². The Morgan fingerprint density at radius 1 is 0.923 bits per heavy atom. The van der Waals surface area contributed by atoms with Gasteiger partial charge in [0, 0.05) is 0 Å². The van der Waals surface area contributed by atoms with Crippen LogP contribution in [0.25, 0.3) is 0 Å². The van der Waals surface area contributed by atoms with Crippen LogP contribution in [0.5, 0.6) is 0 Å². The first-order valence-corrected chi connectivity index (χ1v) is 5.51. The average molecular weight is 245 g/mol. The molecule has 0 fully saturated rings. The SMILES string of the molecule is CNC.O=P(O)(O)F.O=P(O)(O)F. The molecule has 5 N–H and O–H groups in total. The Balaban J connectivity index is -0.000000120. The Morgan fingerprint density at radius 3 is 0.923 bits per heavy atom. The van der Waals surface area contributed by atoms with Gasteiger partial charge in [0.1, 0.15) is 0 Å². The number of nitrogens with one attached hydrogen (secondary N) is 1. The van der Waals surface area contributed by atoms with Crippen molar-refractivity contribution in [3.05, 3.63) is 0 Å². The lowest BCUT2D eigenvalue weighted by atomic mass is 11.3. The first-order valence-electron chi connectivity index (χ1n) is 2.50. The maximum absolute atomic E-state index is 10.4. The minimum atomic E-state index is -5.14. The molecule has 84 valence electrons. The quantitative estimate of drug-likeness (QED) is 0.378. The molecule has 0 heterocycles. The van der Waals surface area contributed by atoms with Crippen LogP contribution < -0.4 is 5.32 Å². The van der Waals surface area contributed by atoms with Crippen LogP contribution in [0.2, 0.25) is 0 Å². The van der Waals surface area contributed by atoms with E-state index >= 15 is 0 Å². The fourth-order valence-corrected chi connectivity index (χ4v) is 0. The minimum Gasteiger partial charge on any atom is -0.323 e. The van der Waals surface area contributed by atoms with E-state index in [9.17, 15) is 8.39 Å². The summed E-state index contributed by atoms with van der Waals surface area (Å²) in [5.41, 5.74) is 0. The molecule has 7 nitrogen and oxygen atoms in total. The van der Waals surface area contributed by atoms with E-state index in [1.807, 2.05) is 14.1 Å². The van der Waals surface area contributed by atoms with E-state index in [0.29, 0.717) is 0 Å². The summed E-state index contributed by atoms with van der Waals surface area (Å²) in [6, 6.07) is 0. The third kappa shape index (κ3) is 86200. The Labute approximate surface area is 73.3 Å². The van der Waals surface area contributed by atoms with Gasteiger partial charge in [0.2, 0.25) is 0 Å². The van der Waals surface area contributed by atoms with Crippen molar-refractivity contribution in [3.8, 4) is 0 Å². The summed E-state index contributed by atoms with van der Waals surface area (Å²) >= 11 is 0. The van der Waals surface area contributed by atoms with Gasteiger partial charge in [0.25, 0.3) is 0 Å². The monoisotopic (exact) mass is 245 g/mol. The zero-order valence-electron chi connectivity index (χ0n) is 6.76. The van der Waals surface area contributed by atoms with Crippen molar-refractivity contribution in [3.63, 3.8) is 0 Å². The summed E-state index contributed by atoms with van der Waals surface area (Å²) in [7, 11) is -6.53. The van der Waals surface area contributed by atoms with Crippen molar-refractivity contribution >= 4 is 15.8 Å². The maximum atomic E-state index is 10.4. The van der Waals surface area contributed by atoms with E-state index in [2.05, 4.69) is 5.32 Å². The molecule has 0 unspecified atom stereocenters. The second kappa shape index (κ2) is 8.71. The third-order valence-corrected chi connectivity index (χ3v) is 0. The minimum absolute atomic E-state index is 1.88. The topological polar surface area (TPSA) is 127 Å². The molecule has 0 aromatic carbocycles. The van der Waals surface area contributed by atoms with Gasteiger partial charge >= 0.3 is 15.8 Å². The molecule has 0 aliphatic rings. The van der Waals surface area contributed by atoms with Crippen LogP contribution in [0.4, 0.5) is 8.39 Å². The van der Waals surface area contributed by atoms with Crippen molar-refractivity contribution in [1.82, 2.24) is 5.32 Å². The van der Waals surface area contributed by atoms with Crippen LogP contribution in [-0.4, -0.2) is 33.7 Å². The van der Waals surface area contributed by atoms with Crippen LogP contribution in [0.15, 0.2) is 0 Å². The molecule has 0 amide bonds. The maximum Gasteiger partial charge on any atom is 0.507 e. The average Bonchev–Trinajstić information content (AvgIpc) is 1.52. The molecular weight excluding hydrogens is 234 g/mol. The predicted molar refractivity (Wildman–Crippen MR) is 41.3 cm³/mol. The number of hydrogen-bond donors (Lipinski definition) is 5. The molecule has 0 saturated heterocycles. The predicted octanol–water partition coefficient (Wildman–Crippen LogP) is -0.0672. The Morgan fingerprint density at radius 2 is 0.923 bits per heavy atom. The molecule has 0 rings (SSSR count). The molecule has 13 heavy (non-hydrogen) atoms. The number of halogens is 2. The third-order valence-electron chi connectivity index (χ3n) is 0. The summed E-state index contributed by atoms with van der Waals surface area (Å²) in [4.78, 5) is 27.9. The van der Waals surface area contributed by atoms with E-state index in [4.69, 9.17) is 28.7 Å². The first-order chi connectivity index (χ1) is 5.41. The molecule has 0 aliphatic carbocycles. The molecule has 0 aromatic rings. The van der Waals surface area contributed by atoms with Gasteiger partial charge in [-0.3, -0.25) is 19.6 Å². The molecule has 0 radical (unpaired) electrons. The number of hydrogen-bond acceptors (Lipinski definition) is 3. The second-order valence-electron chi connectivity index (χ2n) is 1.45. The molecule has 0 aromatic heterocycles. The smallest absolute Gasteiger partial charge is 0.323 e. The zero-order valence-corrected chi connectivity index (χ0v) is 8.54. The van der Waals surface area contributed by atoms with E-state index in [1.54, 1.807) is 0 Å². The summed E-state index contributed by atoms with van der Waals surface area (Å²) in [5.74, 6) is 0. The Kier molecular flexibility index (Phi) is 12.6. The van der Waals surface area contributed by atoms with Crippen LogP contribution in [-0.2, 0) is 9.13 Å². The van der Waals surface area contributed by atoms with Crippen molar-refractivity contribution < 1.29 is 37.1 Å². The fraction of sp³-hybridized carbons (Fsp3) is 1.00. The van der Waals surface area contributed by atoms with Gasteiger partial charge in [-0.2, -0.15) is 0 Å². The summed E-state index contributed by atoms with van der Waals surface area (Å²) in [6.45, 7) is 0. The van der Waals surface area contributed by atoms with Gasteiger partial charge in [0.05, 0.1) is 0 Å². The van der Waals surface area contributed by atoms with Gasteiger partial charge in [-0.15, -0.1) is 8.39 Å². The molecule has 0 spiro atoms. The highest BCUT2D eigenvalue weighted by Gasteiger charge is 2.05. The van der Waals surface area contributed by atoms with Gasteiger partial charge in [-0.25, -0.2) is 9.13 Å². The van der Waals surface area contributed by atoms with Crippen LogP contribution >= 0.6 is 15.8 Å². The Bertz CT molecular complexity index is 151. The molecule has 11 heteroatoms. The molecule has 0 saturated carbocycles. The van der Waals surface area contributed by atoms with Gasteiger partial charge < -0.3 is 5.32 Å². The summed E-state index contributed by atoms with van der Waals surface area (Å²) in [5, 5.41) is 2.75. The van der Waals surface area contributed by atoms with E-state index in [1.165, 1.54) is 0 Å². The van der Waals surface area contributed by atoms with E-state index in [-0.39, 0.29) is 0 Å². The van der Waals surface area contributed by atoms with Gasteiger partial charge in [-0.05, 0) is 14.1 Å². The zero-order chi connectivity index (χ0) is 11.7. The second-order valence-corrected chi connectivity index (χ2v) is 3.34.